The van der Waals surface area contributed by atoms with Crippen molar-refractivity contribution in [1.29, 1.82) is 0 Å². The van der Waals surface area contributed by atoms with E-state index in [1.54, 1.807) is 28.1 Å². The van der Waals surface area contributed by atoms with Gasteiger partial charge in [0, 0.05) is 37.7 Å². The van der Waals surface area contributed by atoms with Crippen LogP contribution in [0.3, 0.4) is 0 Å². The number of benzene rings is 1. The Bertz CT molecular complexity index is 879. The van der Waals surface area contributed by atoms with Gasteiger partial charge in [-0.15, -0.1) is 0 Å². The molecule has 1 aromatic heterocycles. The molecule has 0 radical (unpaired) electrons. The molecule has 1 aliphatic heterocycles. The number of hydrogen-bond donors (Lipinski definition) is 1. The Morgan fingerprint density at radius 2 is 2.04 bits per heavy atom. The molecule has 7 nitrogen and oxygen atoms in total. The highest BCUT2D eigenvalue weighted by Gasteiger charge is 2.36. The molecule has 10 heteroatoms. The summed E-state index contributed by atoms with van der Waals surface area (Å²) in [6.07, 6.45) is -4.54. The van der Waals surface area contributed by atoms with Crippen molar-refractivity contribution in [2.75, 3.05) is 6.54 Å². The van der Waals surface area contributed by atoms with E-state index in [4.69, 9.17) is 0 Å². The first-order chi connectivity index (χ1) is 11.8. The Kier molecular flexibility index (Phi) is 4.29. The third kappa shape index (κ3) is 3.53. The number of nitrogens with zero attached hydrogens (tertiary/aromatic N) is 3. The Hall–Kier alpha value is -2.75. The summed E-state index contributed by atoms with van der Waals surface area (Å²) in [5, 5.41) is 11.1. The standard InChI is InChI=1S/C15H13F3N4O3/c16-15(17,18)14-19-11-5-6-21(8-10(11)13(23)20-14)7-9-3-1-2-4-12(9)22(24)25/h1-4H,5-8H2,(H,19,20,23). The summed E-state index contributed by atoms with van der Waals surface area (Å²) in [5.74, 6) is -1.30. The predicted octanol–water partition coefficient (Wildman–Crippen LogP) is 2.26. The highest BCUT2D eigenvalue weighted by molar-refractivity contribution is 5.39. The van der Waals surface area contributed by atoms with E-state index in [9.17, 15) is 28.1 Å². The average Bonchev–Trinajstić information content (AvgIpc) is 2.54. The van der Waals surface area contributed by atoms with E-state index in [-0.39, 0.29) is 36.5 Å². The van der Waals surface area contributed by atoms with Gasteiger partial charge < -0.3 is 4.98 Å². The fourth-order valence-corrected chi connectivity index (χ4v) is 2.81. The molecule has 0 spiro atoms. The molecule has 132 valence electrons. The lowest BCUT2D eigenvalue weighted by molar-refractivity contribution is -0.385. The van der Waals surface area contributed by atoms with Crippen LogP contribution in [0.2, 0.25) is 0 Å². The molecule has 25 heavy (non-hydrogen) atoms. The second kappa shape index (κ2) is 6.28. The number of para-hydroxylation sites is 1. The maximum absolute atomic E-state index is 12.7. The van der Waals surface area contributed by atoms with Gasteiger partial charge in [0.25, 0.3) is 11.2 Å². The predicted molar refractivity (Wildman–Crippen MR) is 80.8 cm³/mol. The largest absolute Gasteiger partial charge is 0.449 e. The van der Waals surface area contributed by atoms with Gasteiger partial charge in [0.1, 0.15) is 0 Å². The zero-order valence-corrected chi connectivity index (χ0v) is 12.8. The topological polar surface area (TPSA) is 92.1 Å². The van der Waals surface area contributed by atoms with Gasteiger partial charge in [-0.2, -0.15) is 13.2 Å². The van der Waals surface area contributed by atoms with Crippen LogP contribution in [0.5, 0.6) is 0 Å². The molecule has 0 unspecified atom stereocenters. The Morgan fingerprint density at radius 1 is 1.32 bits per heavy atom. The number of alkyl halides is 3. The van der Waals surface area contributed by atoms with Crippen molar-refractivity contribution in [3.8, 4) is 0 Å². The molecule has 1 aliphatic rings. The SMILES string of the molecule is O=c1[nH]c(C(F)(F)F)nc2c1CN(Cc1ccccc1[N+](=O)[O-])CC2. The Labute approximate surface area is 139 Å². The fourth-order valence-electron chi connectivity index (χ4n) is 2.81. The molecule has 0 saturated heterocycles. The van der Waals surface area contributed by atoms with Crippen LogP contribution in [0.4, 0.5) is 18.9 Å². The minimum Gasteiger partial charge on any atom is -0.303 e. The van der Waals surface area contributed by atoms with Gasteiger partial charge in [-0.05, 0) is 0 Å². The van der Waals surface area contributed by atoms with E-state index < -0.39 is 22.5 Å². The maximum atomic E-state index is 12.7. The number of nitro groups is 1. The summed E-state index contributed by atoms with van der Waals surface area (Å²) in [4.78, 5) is 29.6. The number of nitrogens with one attached hydrogen (secondary N) is 1. The van der Waals surface area contributed by atoms with Crippen molar-refractivity contribution in [2.45, 2.75) is 25.7 Å². The average molecular weight is 354 g/mol. The molecule has 2 heterocycles. The molecule has 0 amide bonds. The molecular weight excluding hydrogens is 341 g/mol. The maximum Gasteiger partial charge on any atom is 0.449 e. The molecular formula is C15H13F3N4O3. The summed E-state index contributed by atoms with van der Waals surface area (Å²) in [6.45, 7) is 0.658. The van der Waals surface area contributed by atoms with Crippen molar-refractivity contribution in [2.24, 2.45) is 0 Å². The van der Waals surface area contributed by atoms with Crippen molar-refractivity contribution in [1.82, 2.24) is 14.9 Å². The monoisotopic (exact) mass is 354 g/mol. The molecule has 0 saturated carbocycles. The molecule has 0 bridgehead atoms. The first-order valence-corrected chi connectivity index (χ1v) is 7.39. The summed E-state index contributed by atoms with van der Waals surface area (Å²) >= 11 is 0. The third-order valence-corrected chi connectivity index (χ3v) is 4.00. The van der Waals surface area contributed by atoms with Gasteiger partial charge in [-0.25, -0.2) is 4.98 Å². The van der Waals surface area contributed by atoms with E-state index in [2.05, 4.69) is 4.98 Å². The normalized spacial score (nSPS) is 15.0. The Balaban J connectivity index is 1.85. The minimum atomic E-state index is -4.71. The second-order valence-electron chi connectivity index (χ2n) is 5.68. The summed E-state index contributed by atoms with van der Waals surface area (Å²) in [7, 11) is 0. The lowest BCUT2D eigenvalue weighted by Crippen LogP contribution is -2.36. The van der Waals surface area contributed by atoms with Crippen LogP contribution in [0, 0.1) is 10.1 Å². The lowest BCUT2D eigenvalue weighted by Gasteiger charge is -2.27. The van der Waals surface area contributed by atoms with Crippen molar-refractivity contribution in [3.05, 3.63) is 67.4 Å². The van der Waals surface area contributed by atoms with E-state index in [0.29, 0.717) is 12.1 Å². The van der Waals surface area contributed by atoms with Gasteiger partial charge in [0.2, 0.25) is 5.82 Å². The molecule has 3 rings (SSSR count). The number of rotatable bonds is 3. The van der Waals surface area contributed by atoms with E-state index in [0.717, 1.165) is 0 Å². The number of halogens is 3. The van der Waals surface area contributed by atoms with E-state index in [1.165, 1.54) is 6.07 Å². The molecule has 2 aromatic rings. The highest BCUT2D eigenvalue weighted by Crippen LogP contribution is 2.27. The van der Waals surface area contributed by atoms with Crippen LogP contribution in [0.15, 0.2) is 29.1 Å². The first-order valence-electron chi connectivity index (χ1n) is 7.39. The minimum absolute atomic E-state index is 0.0345. The van der Waals surface area contributed by atoms with Crippen molar-refractivity contribution in [3.63, 3.8) is 0 Å². The van der Waals surface area contributed by atoms with Crippen LogP contribution >= 0.6 is 0 Å². The number of H-pyrrole nitrogens is 1. The van der Waals surface area contributed by atoms with Gasteiger partial charge in [-0.3, -0.25) is 19.8 Å². The molecule has 0 atom stereocenters. The van der Waals surface area contributed by atoms with Gasteiger partial charge in [-0.1, -0.05) is 18.2 Å². The summed E-state index contributed by atoms with van der Waals surface area (Å²) < 4.78 is 38.1. The van der Waals surface area contributed by atoms with E-state index in [1.807, 2.05) is 0 Å². The lowest BCUT2D eigenvalue weighted by atomic mass is 10.1. The molecule has 0 fully saturated rings. The highest BCUT2D eigenvalue weighted by atomic mass is 19.4. The number of fused-ring (bicyclic) bond motifs is 1. The quantitative estimate of drug-likeness (QED) is 0.674. The second-order valence-corrected chi connectivity index (χ2v) is 5.68. The van der Waals surface area contributed by atoms with Gasteiger partial charge >= 0.3 is 6.18 Å². The van der Waals surface area contributed by atoms with Crippen LogP contribution in [-0.2, 0) is 25.7 Å². The van der Waals surface area contributed by atoms with Crippen LogP contribution < -0.4 is 5.56 Å². The van der Waals surface area contributed by atoms with E-state index >= 15 is 0 Å². The van der Waals surface area contributed by atoms with Crippen LogP contribution in [-0.4, -0.2) is 26.3 Å². The van der Waals surface area contributed by atoms with Gasteiger partial charge in [0.05, 0.1) is 16.2 Å². The molecule has 0 aliphatic carbocycles. The number of aromatic amines is 1. The van der Waals surface area contributed by atoms with Crippen LogP contribution in [0.1, 0.15) is 22.6 Å². The number of aromatic nitrogens is 2. The smallest absolute Gasteiger partial charge is 0.303 e. The molecule has 1 aromatic carbocycles. The summed E-state index contributed by atoms with van der Waals surface area (Å²) in [5.41, 5.74) is -0.0997. The number of hydrogen-bond acceptors (Lipinski definition) is 5. The Morgan fingerprint density at radius 3 is 2.72 bits per heavy atom. The van der Waals surface area contributed by atoms with Gasteiger partial charge in [0.15, 0.2) is 0 Å². The number of nitro benzene ring substituents is 1. The molecule has 1 N–H and O–H groups in total. The fraction of sp³-hybridized carbons (Fsp3) is 0.333. The van der Waals surface area contributed by atoms with Crippen molar-refractivity contribution >= 4 is 5.69 Å². The first kappa shape index (κ1) is 17.1. The zero-order valence-electron chi connectivity index (χ0n) is 12.8. The van der Waals surface area contributed by atoms with Crippen LogP contribution in [0.25, 0.3) is 0 Å². The van der Waals surface area contributed by atoms with Crippen molar-refractivity contribution < 1.29 is 18.1 Å². The third-order valence-electron chi connectivity index (χ3n) is 4.00. The summed E-state index contributed by atoms with van der Waals surface area (Å²) in [6, 6.07) is 6.23. The zero-order chi connectivity index (χ0) is 18.2.